The van der Waals surface area contributed by atoms with Crippen LogP contribution in [-0.2, 0) is 20.7 Å². The van der Waals surface area contributed by atoms with Gasteiger partial charge in [-0.2, -0.15) is 0 Å². The summed E-state index contributed by atoms with van der Waals surface area (Å²) in [4.78, 5) is 22.4. The van der Waals surface area contributed by atoms with E-state index in [9.17, 15) is 9.59 Å². The molecule has 0 spiro atoms. The molecule has 1 aromatic rings. The van der Waals surface area contributed by atoms with Crippen molar-refractivity contribution < 1.29 is 24.2 Å². The van der Waals surface area contributed by atoms with Crippen molar-refractivity contribution in [1.82, 2.24) is 0 Å². The maximum Gasteiger partial charge on any atom is 0.340 e. The molecule has 0 saturated heterocycles. The van der Waals surface area contributed by atoms with Crippen LogP contribution in [0, 0.1) is 0 Å². The molecule has 0 heterocycles. The van der Waals surface area contributed by atoms with Gasteiger partial charge in [-0.25, -0.2) is 4.79 Å². The Kier molecular flexibility index (Phi) is 4.66. The molecule has 5 nitrogen and oxygen atoms in total. The second kappa shape index (κ2) is 6.00. The summed E-state index contributed by atoms with van der Waals surface area (Å²) in [7, 11) is 1.28. The zero-order chi connectivity index (χ0) is 12.8. The number of ether oxygens (including phenoxy) is 2. The van der Waals surface area contributed by atoms with Crippen molar-refractivity contribution in [3.63, 3.8) is 0 Å². The molecule has 0 amide bonds. The fourth-order valence-corrected chi connectivity index (χ4v) is 1.17. The summed E-state index contributed by atoms with van der Waals surface area (Å²) in [6.45, 7) is 1.31. The van der Waals surface area contributed by atoms with Crippen LogP contribution in [0.1, 0.15) is 12.5 Å². The second-order valence-corrected chi connectivity index (χ2v) is 3.46. The molecule has 1 rings (SSSR count). The van der Waals surface area contributed by atoms with Crippen LogP contribution in [-0.4, -0.2) is 30.3 Å². The van der Waals surface area contributed by atoms with Crippen molar-refractivity contribution >= 4 is 11.9 Å². The van der Waals surface area contributed by atoms with Crippen LogP contribution >= 0.6 is 0 Å². The molecule has 0 aliphatic carbocycles. The first kappa shape index (κ1) is 13.2. The third-order valence-corrected chi connectivity index (χ3v) is 2.09. The third-order valence-electron chi connectivity index (χ3n) is 2.09. The number of aliphatic hydroxyl groups is 1. The minimum absolute atomic E-state index is 0.0137. The number of rotatable bonds is 4. The van der Waals surface area contributed by atoms with Crippen molar-refractivity contribution in [2.45, 2.75) is 19.4 Å². The van der Waals surface area contributed by atoms with Crippen LogP contribution in [0.25, 0.3) is 0 Å². The van der Waals surface area contributed by atoms with Gasteiger partial charge in [-0.3, -0.25) is 4.79 Å². The van der Waals surface area contributed by atoms with Gasteiger partial charge < -0.3 is 14.6 Å². The number of esters is 2. The fraction of sp³-hybridized carbons (Fsp3) is 0.333. The first-order valence-corrected chi connectivity index (χ1v) is 5.09. The molecule has 1 aromatic carbocycles. The molecule has 0 aromatic heterocycles. The maximum absolute atomic E-state index is 11.2. The van der Waals surface area contributed by atoms with Crippen LogP contribution in [0.15, 0.2) is 24.3 Å². The normalized spacial score (nSPS) is 11.7. The number of carbonyl (C=O) groups is 2. The van der Waals surface area contributed by atoms with Gasteiger partial charge in [0.1, 0.15) is 11.9 Å². The van der Waals surface area contributed by atoms with Crippen LogP contribution in [0.2, 0.25) is 0 Å². The van der Waals surface area contributed by atoms with E-state index in [1.54, 1.807) is 24.3 Å². The molecule has 0 fully saturated rings. The number of carbonyl (C=O) groups excluding carboxylic acids is 2. The van der Waals surface area contributed by atoms with Crippen molar-refractivity contribution in [3.8, 4) is 5.75 Å². The van der Waals surface area contributed by atoms with Crippen molar-refractivity contribution in [2.75, 3.05) is 7.11 Å². The lowest BCUT2D eigenvalue weighted by molar-refractivity contribution is -0.143. The molecule has 0 aliphatic rings. The molecule has 1 atom stereocenters. The largest absolute Gasteiger partial charge is 0.469 e. The predicted molar refractivity (Wildman–Crippen MR) is 59.5 cm³/mol. The molecule has 92 valence electrons. The molecule has 0 radical (unpaired) electrons. The zero-order valence-electron chi connectivity index (χ0n) is 9.67. The van der Waals surface area contributed by atoms with Gasteiger partial charge in [0.2, 0.25) is 0 Å². The van der Waals surface area contributed by atoms with E-state index in [1.807, 2.05) is 0 Å². The molecule has 0 saturated carbocycles. The first-order chi connectivity index (χ1) is 8.04. The summed E-state index contributed by atoms with van der Waals surface area (Å²) in [5.74, 6) is -0.934. The summed E-state index contributed by atoms with van der Waals surface area (Å²) in [5.41, 5.74) is 0.536. The van der Waals surface area contributed by atoms with Crippen molar-refractivity contribution in [2.24, 2.45) is 0 Å². The lowest BCUT2D eigenvalue weighted by atomic mass is 10.1. The van der Waals surface area contributed by atoms with E-state index in [0.29, 0.717) is 5.56 Å². The van der Waals surface area contributed by atoms with Gasteiger partial charge in [0.15, 0.2) is 0 Å². The van der Waals surface area contributed by atoms with Crippen LogP contribution in [0.3, 0.4) is 0 Å². The molecule has 0 bridgehead atoms. The Balaban J connectivity index is 2.84. The summed E-state index contributed by atoms with van der Waals surface area (Å²) < 4.78 is 9.49. The lowest BCUT2D eigenvalue weighted by Crippen LogP contribution is -2.22. The van der Waals surface area contributed by atoms with Gasteiger partial charge in [-0.15, -0.1) is 0 Å². The Bertz CT molecular complexity index is 411. The van der Waals surface area contributed by atoms with Gasteiger partial charge in [0, 0.05) is 5.56 Å². The zero-order valence-corrected chi connectivity index (χ0v) is 9.67. The number of hydrogen-bond acceptors (Lipinski definition) is 5. The van der Waals surface area contributed by atoms with Crippen LogP contribution in [0.5, 0.6) is 5.75 Å². The van der Waals surface area contributed by atoms with Gasteiger partial charge in [0.05, 0.1) is 13.5 Å². The average molecular weight is 238 g/mol. The topological polar surface area (TPSA) is 72.8 Å². The van der Waals surface area contributed by atoms with E-state index >= 15 is 0 Å². The first-order valence-electron chi connectivity index (χ1n) is 5.09. The smallest absolute Gasteiger partial charge is 0.340 e. The Morgan fingerprint density at radius 1 is 1.35 bits per heavy atom. The van der Waals surface area contributed by atoms with Crippen LogP contribution in [0.4, 0.5) is 0 Å². The van der Waals surface area contributed by atoms with Gasteiger partial charge in [-0.1, -0.05) is 18.2 Å². The third kappa shape index (κ3) is 3.88. The summed E-state index contributed by atoms with van der Waals surface area (Å²) in [6.07, 6.45) is -1.19. The molecule has 17 heavy (non-hydrogen) atoms. The Labute approximate surface area is 99.0 Å². The SMILES string of the molecule is COC(=O)Cc1ccccc1OC(=O)C(C)O. The highest BCUT2D eigenvalue weighted by Gasteiger charge is 2.15. The highest BCUT2D eigenvalue weighted by molar-refractivity contribution is 5.78. The highest BCUT2D eigenvalue weighted by Crippen LogP contribution is 2.19. The number of aliphatic hydroxyl groups excluding tert-OH is 1. The van der Waals surface area contributed by atoms with Gasteiger partial charge in [-0.05, 0) is 13.0 Å². The minimum Gasteiger partial charge on any atom is -0.469 e. The summed E-state index contributed by atoms with van der Waals surface area (Å²) in [5, 5.41) is 9.03. The molecule has 5 heteroatoms. The summed E-state index contributed by atoms with van der Waals surface area (Å²) >= 11 is 0. The highest BCUT2D eigenvalue weighted by atomic mass is 16.5. The van der Waals surface area contributed by atoms with E-state index in [2.05, 4.69) is 4.74 Å². The Morgan fingerprint density at radius 3 is 2.59 bits per heavy atom. The molecular formula is C12H14O5. The van der Waals surface area contributed by atoms with Crippen LogP contribution < -0.4 is 4.74 Å². The van der Waals surface area contributed by atoms with Gasteiger partial charge in [0.25, 0.3) is 0 Å². The molecule has 1 N–H and O–H groups in total. The van der Waals surface area contributed by atoms with E-state index in [-0.39, 0.29) is 12.2 Å². The van der Waals surface area contributed by atoms with Crippen molar-refractivity contribution in [3.05, 3.63) is 29.8 Å². The Hall–Kier alpha value is -1.88. The quantitative estimate of drug-likeness (QED) is 0.617. The molecule has 0 aliphatic heterocycles. The van der Waals surface area contributed by atoms with E-state index in [4.69, 9.17) is 9.84 Å². The molecular weight excluding hydrogens is 224 g/mol. The Morgan fingerprint density at radius 2 is 2.00 bits per heavy atom. The molecule has 1 unspecified atom stereocenters. The fourth-order valence-electron chi connectivity index (χ4n) is 1.17. The maximum atomic E-state index is 11.2. The average Bonchev–Trinajstić information content (AvgIpc) is 2.31. The number of benzene rings is 1. The van der Waals surface area contributed by atoms with Crippen molar-refractivity contribution in [1.29, 1.82) is 0 Å². The minimum atomic E-state index is -1.21. The predicted octanol–water partition coefficient (Wildman–Crippen LogP) is 0.688. The lowest BCUT2D eigenvalue weighted by Gasteiger charge is -2.10. The van der Waals surface area contributed by atoms with E-state index in [1.165, 1.54) is 14.0 Å². The monoisotopic (exact) mass is 238 g/mol. The van der Waals surface area contributed by atoms with E-state index in [0.717, 1.165) is 0 Å². The van der Waals surface area contributed by atoms with E-state index < -0.39 is 18.0 Å². The number of hydrogen-bond donors (Lipinski definition) is 1. The summed E-state index contributed by atoms with van der Waals surface area (Å²) in [6, 6.07) is 6.60. The standard InChI is InChI=1S/C12H14O5/c1-8(13)12(15)17-10-6-4-3-5-9(10)7-11(14)16-2/h3-6,8,13H,7H2,1-2H3. The second-order valence-electron chi connectivity index (χ2n) is 3.46. The number of methoxy groups -OCH3 is 1. The number of para-hydroxylation sites is 1. The van der Waals surface area contributed by atoms with Gasteiger partial charge >= 0.3 is 11.9 Å².